The molecule has 1 unspecified atom stereocenters. The molecule has 2 amide bonds. The number of benzene rings is 1. The van der Waals surface area contributed by atoms with E-state index in [4.69, 9.17) is 0 Å². The van der Waals surface area contributed by atoms with Crippen LogP contribution in [0, 0.1) is 0 Å². The summed E-state index contributed by atoms with van der Waals surface area (Å²) in [5, 5.41) is 5.76. The van der Waals surface area contributed by atoms with Gasteiger partial charge in [-0.1, -0.05) is 56.5 Å². The lowest BCUT2D eigenvalue weighted by Crippen LogP contribution is -2.35. The fraction of sp³-hybridized carbons (Fsp3) is 0.556. The maximum Gasteiger partial charge on any atom is 0.224 e. The number of hydrogen-bond acceptors (Lipinski definition) is 2. The van der Waals surface area contributed by atoms with E-state index in [1.165, 1.54) is 12.8 Å². The Morgan fingerprint density at radius 2 is 1.82 bits per heavy atom. The summed E-state index contributed by atoms with van der Waals surface area (Å²) < 4.78 is 0. The molecule has 0 saturated carbocycles. The number of carbonyl (C=O) groups is 2. The smallest absolute Gasteiger partial charge is 0.224 e. The van der Waals surface area contributed by atoms with Gasteiger partial charge in [-0.05, 0) is 18.9 Å². The molecule has 0 radical (unpaired) electrons. The van der Waals surface area contributed by atoms with E-state index in [2.05, 4.69) is 17.6 Å². The van der Waals surface area contributed by atoms with Gasteiger partial charge in [0.25, 0.3) is 0 Å². The predicted molar refractivity (Wildman–Crippen MR) is 89.5 cm³/mol. The normalized spacial score (nSPS) is 11.7. The van der Waals surface area contributed by atoms with Crippen LogP contribution in [0.25, 0.3) is 0 Å². The second kappa shape index (κ2) is 10.8. The first-order valence-electron chi connectivity index (χ1n) is 8.21. The van der Waals surface area contributed by atoms with Crippen LogP contribution in [0.4, 0.5) is 0 Å². The lowest BCUT2D eigenvalue weighted by Gasteiger charge is -2.13. The van der Waals surface area contributed by atoms with Crippen molar-refractivity contribution in [2.45, 2.75) is 58.4 Å². The van der Waals surface area contributed by atoms with Gasteiger partial charge in [-0.2, -0.15) is 0 Å². The SMILES string of the molecule is CCCCCC(C)NC(=O)CCNC(=O)Cc1ccccc1. The molecular weight excluding hydrogens is 276 g/mol. The zero-order valence-electron chi connectivity index (χ0n) is 13.7. The molecule has 4 heteroatoms. The van der Waals surface area contributed by atoms with E-state index in [0.717, 1.165) is 18.4 Å². The molecule has 0 aliphatic rings. The van der Waals surface area contributed by atoms with Gasteiger partial charge < -0.3 is 10.6 Å². The Labute approximate surface area is 133 Å². The monoisotopic (exact) mass is 304 g/mol. The summed E-state index contributed by atoms with van der Waals surface area (Å²) in [6, 6.07) is 9.80. The van der Waals surface area contributed by atoms with Crippen molar-refractivity contribution in [2.75, 3.05) is 6.54 Å². The molecule has 1 aromatic carbocycles. The molecule has 4 nitrogen and oxygen atoms in total. The Hall–Kier alpha value is -1.84. The lowest BCUT2D eigenvalue weighted by molar-refractivity contribution is -0.122. The Morgan fingerprint density at radius 3 is 2.50 bits per heavy atom. The third-order valence-corrected chi connectivity index (χ3v) is 3.53. The van der Waals surface area contributed by atoms with Gasteiger partial charge in [-0.15, -0.1) is 0 Å². The summed E-state index contributed by atoms with van der Waals surface area (Å²) in [6.07, 6.45) is 5.24. The van der Waals surface area contributed by atoms with Gasteiger partial charge in [0, 0.05) is 19.0 Å². The Kier molecular flexibility index (Phi) is 8.96. The molecule has 1 atom stereocenters. The van der Waals surface area contributed by atoms with E-state index >= 15 is 0 Å². The maximum atomic E-state index is 11.8. The number of nitrogens with one attached hydrogen (secondary N) is 2. The molecule has 1 aromatic rings. The molecule has 22 heavy (non-hydrogen) atoms. The van der Waals surface area contributed by atoms with E-state index in [1.807, 2.05) is 37.3 Å². The van der Waals surface area contributed by atoms with Crippen molar-refractivity contribution in [2.24, 2.45) is 0 Å². The fourth-order valence-electron chi connectivity index (χ4n) is 2.28. The van der Waals surface area contributed by atoms with Gasteiger partial charge in [-0.25, -0.2) is 0 Å². The van der Waals surface area contributed by atoms with Gasteiger partial charge >= 0.3 is 0 Å². The zero-order valence-corrected chi connectivity index (χ0v) is 13.7. The van der Waals surface area contributed by atoms with Crippen molar-refractivity contribution in [3.05, 3.63) is 35.9 Å². The van der Waals surface area contributed by atoms with Gasteiger partial charge in [0.15, 0.2) is 0 Å². The summed E-state index contributed by atoms with van der Waals surface area (Å²) in [5.41, 5.74) is 0.981. The second-order valence-electron chi connectivity index (χ2n) is 5.73. The van der Waals surface area contributed by atoms with Crippen LogP contribution < -0.4 is 10.6 Å². The molecule has 122 valence electrons. The Morgan fingerprint density at radius 1 is 1.09 bits per heavy atom. The molecule has 0 spiro atoms. The highest BCUT2D eigenvalue weighted by Crippen LogP contribution is 2.03. The quantitative estimate of drug-likeness (QED) is 0.653. The van der Waals surface area contributed by atoms with E-state index in [1.54, 1.807) is 0 Å². The third-order valence-electron chi connectivity index (χ3n) is 3.53. The van der Waals surface area contributed by atoms with Gasteiger partial charge in [0.1, 0.15) is 0 Å². The van der Waals surface area contributed by atoms with Gasteiger partial charge in [0.05, 0.1) is 6.42 Å². The molecule has 0 aliphatic heterocycles. The minimum atomic E-state index is -0.0463. The first kappa shape index (κ1) is 18.2. The van der Waals surface area contributed by atoms with Crippen LogP contribution in [0.1, 0.15) is 51.5 Å². The van der Waals surface area contributed by atoms with Crippen LogP contribution >= 0.6 is 0 Å². The Bertz CT molecular complexity index is 446. The van der Waals surface area contributed by atoms with E-state index < -0.39 is 0 Å². The summed E-state index contributed by atoms with van der Waals surface area (Å²) >= 11 is 0. The van der Waals surface area contributed by atoms with Crippen molar-refractivity contribution < 1.29 is 9.59 Å². The second-order valence-corrected chi connectivity index (χ2v) is 5.73. The highest BCUT2D eigenvalue weighted by Gasteiger charge is 2.08. The molecule has 0 heterocycles. The van der Waals surface area contributed by atoms with Gasteiger partial charge in [0.2, 0.25) is 11.8 Å². The van der Waals surface area contributed by atoms with Crippen molar-refractivity contribution in [3.63, 3.8) is 0 Å². The molecule has 0 aliphatic carbocycles. The van der Waals surface area contributed by atoms with Crippen LogP contribution in [0.3, 0.4) is 0 Å². The predicted octanol–water partition coefficient (Wildman–Crippen LogP) is 2.82. The number of amides is 2. The number of unbranched alkanes of at least 4 members (excludes halogenated alkanes) is 2. The molecule has 0 aromatic heterocycles. The molecule has 0 saturated heterocycles. The van der Waals surface area contributed by atoms with E-state index in [-0.39, 0.29) is 17.9 Å². The van der Waals surface area contributed by atoms with Crippen LogP contribution in [-0.2, 0) is 16.0 Å². The first-order valence-corrected chi connectivity index (χ1v) is 8.21. The largest absolute Gasteiger partial charge is 0.355 e. The van der Waals surface area contributed by atoms with E-state index in [0.29, 0.717) is 19.4 Å². The fourth-order valence-corrected chi connectivity index (χ4v) is 2.28. The zero-order chi connectivity index (χ0) is 16.2. The van der Waals surface area contributed by atoms with Crippen LogP contribution in [0.15, 0.2) is 30.3 Å². The number of hydrogen-bond donors (Lipinski definition) is 2. The van der Waals surface area contributed by atoms with Crippen LogP contribution in [0.5, 0.6) is 0 Å². The third kappa shape index (κ3) is 8.45. The van der Waals surface area contributed by atoms with Crippen molar-refractivity contribution in [1.82, 2.24) is 10.6 Å². The molecular formula is C18H28N2O2. The molecule has 1 rings (SSSR count). The standard InChI is InChI=1S/C18H28N2O2/c1-3-4-6-9-15(2)20-17(21)12-13-19-18(22)14-16-10-7-5-8-11-16/h5,7-8,10-11,15H,3-4,6,9,12-14H2,1-2H3,(H,19,22)(H,20,21). The van der Waals surface area contributed by atoms with Crippen molar-refractivity contribution in [3.8, 4) is 0 Å². The average molecular weight is 304 g/mol. The minimum absolute atomic E-state index is 0.00371. The number of rotatable bonds is 10. The summed E-state index contributed by atoms with van der Waals surface area (Å²) in [4.78, 5) is 23.5. The minimum Gasteiger partial charge on any atom is -0.355 e. The lowest BCUT2D eigenvalue weighted by atomic mass is 10.1. The molecule has 2 N–H and O–H groups in total. The van der Waals surface area contributed by atoms with Crippen molar-refractivity contribution >= 4 is 11.8 Å². The highest BCUT2D eigenvalue weighted by atomic mass is 16.2. The van der Waals surface area contributed by atoms with Gasteiger partial charge in [-0.3, -0.25) is 9.59 Å². The maximum absolute atomic E-state index is 11.8. The van der Waals surface area contributed by atoms with Crippen LogP contribution in [0.2, 0.25) is 0 Å². The average Bonchev–Trinajstić information content (AvgIpc) is 2.48. The molecule has 0 bridgehead atoms. The summed E-state index contributed by atoms with van der Waals surface area (Å²) in [6.45, 7) is 4.59. The highest BCUT2D eigenvalue weighted by molar-refractivity contribution is 5.80. The van der Waals surface area contributed by atoms with Crippen molar-refractivity contribution in [1.29, 1.82) is 0 Å². The Balaban J connectivity index is 2.12. The topological polar surface area (TPSA) is 58.2 Å². The summed E-state index contributed by atoms with van der Waals surface area (Å²) in [5.74, 6) is -0.0426. The van der Waals surface area contributed by atoms with E-state index in [9.17, 15) is 9.59 Å². The first-order chi connectivity index (χ1) is 10.6. The summed E-state index contributed by atoms with van der Waals surface area (Å²) in [7, 11) is 0. The number of carbonyl (C=O) groups excluding carboxylic acids is 2. The molecule has 0 fully saturated rings. The van der Waals surface area contributed by atoms with Crippen LogP contribution in [-0.4, -0.2) is 24.4 Å².